The van der Waals surface area contributed by atoms with Crippen LogP contribution in [-0.2, 0) is 6.54 Å². The SMILES string of the molecule is Clc1cccc(-c2noc3ncnc(NCc4ccccn4)c23)c1. The van der Waals surface area contributed by atoms with E-state index in [2.05, 4.69) is 25.4 Å². The summed E-state index contributed by atoms with van der Waals surface area (Å²) in [6.07, 6.45) is 3.19. The van der Waals surface area contributed by atoms with Crippen LogP contribution in [0.3, 0.4) is 0 Å². The van der Waals surface area contributed by atoms with Gasteiger partial charge in [0.2, 0.25) is 0 Å². The van der Waals surface area contributed by atoms with E-state index < -0.39 is 0 Å². The fourth-order valence-corrected chi connectivity index (χ4v) is 2.62. The van der Waals surface area contributed by atoms with Crippen molar-refractivity contribution in [3.8, 4) is 11.3 Å². The fourth-order valence-electron chi connectivity index (χ4n) is 2.43. The van der Waals surface area contributed by atoms with Gasteiger partial charge < -0.3 is 9.84 Å². The van der Waals surface area contributed by atoms with Crippen molar-refractivity contribution in [2.45, 2.75) is 6.54 Å². The number of aromatic nitrogens is 4. The summed E-state index contributed by atoms with van der Waals surface area (Å²) in [4.78, 5) is 12.7. The molecule has 1 aromatic carbocycles. The zero-order valence-electron chi connectivity index (χ0n) is 12.5. The average molecular weight is 338 g/mol. The third kappa shape index (κ3) is 2.79. The Kier molecular flexibility index (Phi) is 3.80. The number of pyridine rings is 1. The van der Waals surface area contributed by atoms with Crippen LogP contribution >= 0.6 is 11.6 Å². The van der Waals surface area contributed by atoms with Gasteiger partial charge in [-0.15, -0.1) is 0 Å². The summed E-state index contributed by atoms with van der Waals surface area (Å²) in [5.41, 5.74) is 2.82. The minimum Gasteiger partial charge on any atom is -0.364 e. The molecule has 0 amide bonds. The number of hydrogen-bond donors (Lipinski definition) is 1. The smallest absolute Gasteiger partial charge is 0.263 e. The molecule has 6 nitrogen and oxygen atoms in total. The summed E-state index contributed by atoms with van der Waals surface area (Å²) < 4.78 is 5.34. The van der Waals surface area contributed by atoms with Crippen LogP contribution in [0.4, 0.5) is 5.82 Å². The van der Waals surface area contributed by atoms with E-state index in [0.29, 0.717) is 28.8 Å². The Bertz CT molecular complexity index is 987. The molecule has 118 valence electrons. The van der Waals surface area contributed by atoms with Gasteiger partial charge in [0.15, 0.2) is 0 Å². The highest BCUT2D eigenvalue weighted by Crippen LogP contribution is 2.32. The summed E-state index contributed by atoms with van der Waals surface area (Å²) in [6.45, 7) is 0.535. The van der Waals surface area contributed by atoms with Gasteiger partial charge in [-0.3, -0.25) is 4.98 Å². The number of nitrogens with one attached hydrogen (secondary N) is 1. The molecule has 0 aliphatic rings. The van der Waals surface area contributed by atoms with E-state index in [0.717, 1.165) is 16.6 Å². The monoisotopic (exact) mass is 337 g/mol. The van der Waals surface area contributed by atoms with Crippen LogP contribution in [0.2, 0.25) is 5.02 Å². The Labute approximate surface area is 142 Å². The van der Waals surface area contributed by atoms with Crippen molar-refractivity contribution in [2.75, 3.05) is 5.32 Å². The van der Waals surface area contributed by atoms with Crippen molar-refractivity contribution >= 4 is 28.5 Å². The molecule has 0 fully saturated rings. The molecular weight excluding hydrogens is 326 g/mol. The van der Waals surface area contributed by atoms with Gasteiger partial charge in [-0.05, 0) is 24.3 Å². The Balaban J connectivity index is 1.74. The van der Waals surface area contributed by atoms with E-state index in [1.807, 2.05) is 42.5 Å². The van der Waals surface area contributed by atoms with Crippen molar-refractivity contribution in [2.24, 2.45) is 0 Å². The van der Waals surface area contributed by atoms with Crippen LogP contribution < -0.4 is 5.32 Å². The molecule has 4 aromatic rings. The molecule has 0 aliphatic heterocycles. The van der Waals surface area contributed by atoms with Crippen LogP contribution in [0.5, 0.6) is 0 Å². The van der Waals surface area contributed by atoms with Gasteiger partial charge in [0.1, 0.15) is 23.2 Å². The molecule has 0 unspecified atom stereocenters. The molecule has 3 heterocycles. The average Bonchev–Trinajstić information content (AvgIpc) is 3.05. The van der Waals surface area contributed by atoms with Crippen LogP contribution in [0, 0.1) is 0 Å². The van der Waals surface area contributed by atoms with E-state index in [1.165, 1.54) is 6.33 Å². The van der Waals surface area contributed by atoms with Crippen molar-refractivity contribution in [1.29, 1.82) is 0 Å². The number of rotatable bonds is 4. The Morgan fingerprint density at radius 1 is 1.04 bits per heavy atom. The molecule has 0 atom stereocenters. The summed E-state index contributed by atoms with van der Waals surface area (Å²) in [5.74, 6) is 0.641. The molecule has 0 aliphatic carbocycles. The first kappa shape index (κ1) is 14.6. The Morgan fingerprint density at radius 2 is 2.00 bits per heavy atom. The first-order valence-electron chi connectivity index (χ1n) is 7.31. The maximum atomic E-state index is 6.08. The topological polar surface area (TPSA) is 76.7 Å². The second-order valence-electron chi connectivity index (χ2n) is 5.12. The van der Waals surface area contributed by atoms with Crippen molar-refractivity contribution < 1.29 is 4.52 Å². The Morgan fingerprint density at radius 3 is 2.83 bits per heavy atom. The maximum absolute atomic E-state index is 6.08. The van der Waals surface area contributed by atoms with E-state index in [9.17, 15) is 0 Å². The zero-order chi connectivity index (χ0) is 16.4. The zero-order valence-corrected chi connectivity index (χ0v) is 13.2. The van der Waals surface area contributed by atoms with Crippen LogP contribution in [0.25, 0.3) is 22.4 Å². The lowest BCUT2D eigenvalue weighted by Crippen LogP contribution is -2.03. The largest absolute Gasteiger partial charge is 0.364 e. The summed E-state index contributed by atoms with van der Waals surface area (Å²) >= 11 is 6.08. The van der Waals surface area contributed by atoms with Gasteiger partial charge in [-0.2, -0.15) is 4.98 Å². The first-order chi connectivity index (χ1) is 11.8. The highest BCUT2D eigenvalue weighted by atomic mass is 35.5. The molecular formula is C17H12ClN5O. The van der Waals surface area contributed by atoms with Crippen molar-refractivity contribution in [1.82, 2.24) is 20.1 Å². The molecule has 4 rings (SSSR count). The van der Waals surface area contributed by atoms with E-state index in [-0.39, 0.29) is 0 Å². The number of nitrogens with zero attached hydrogens (tertiary/aromatic N) is 4. The van der Waals surface area contributed by atoms with E-state index >= 15 is 0 Å². The molecule has 0 spiro atoms. The lowest BCUT2D eigenvalue weighted by Gasteiger charge is -2.06. The van der Waals surface area contributed by atoms with Crippen LogP contribution in [-0.4, -0.2) is 20.1 Å². The quantitative estimate of drug-likeness (QED) is 0.607. The van der Waals surface area contributed by atoms with Gasteiger partial charge >= 0.3 is 0 Å². The third-order valence-corrected chi connectivity index (χ3v) is 3.77. The molecule has 0 saturated heterocycles. The fraction of sp³-hybridized carbons (Fsp3) is 0.0588. The number of hydrogen-bond acceptors (Lipinski definition) is 6. The van der Waals surface area contributed by atoms with Crippen molar-refractivity contribution in [3.05, 3.63) is 65.7 Å². The van der Waals surface area contributed by atoms with Gasteiger partial charge in [-0.1, -0.05) is 35.0 Å². The number of benzene rings is 1. The molecule has 1 N–H and O–H groups in total. The summed E-state index contributed by atoms with van der Waals surface area (Å²) in [7, 11) is 0. The predicted molar refractivity (Wildman–Crippen MR) is 91.6 cm³/mol. The highest BCUT2D eigenvalue weighted by molar-refractivity contribution is 6.30. The predicted octanol–water partition coefficient (Wildman–Crippen LogP) is 3.95. The van der Waals surface area contributed by atoms with Gasteiger partial charge in [-0.25, -0.2) is 4.98 Å². The summed E-state index contributed by atoms with van der Waals surface area (Å²) in [5, 5.41) is 8.75. The van der Waals surface area contributed by atoms with E-state index in [4.69, 9.17) is 16.1 Å². The summed E-state index contributed by atoms with van der Waals surface area (Å²) in [6, 6.07) is 13.2. The van der Waals surface area contributed by atoms with Crippen LogP contribution in [0.1, 0.15) is 5.69 Å². The second kappa shape index (κ2) is 6.25. The number of fused-ring (bicyclic) bond motifs is 1. The second-order valence-corrected chi connectivity index (χ2v) is 5.56. The lowest BCUT2D eigenvalue weighted by molar-refractivity contribution is 0.451. The van der Waals surface area contributed by atoms with Crippen LogP contribution in [0.15, 0.2) is 59.5 Å². The lowest BCUT2D eigenvalue weighted by atomic mass is 10.1. The number of halogens is 1. The maximum Gasteiger partial charge on any atom is 0.263 e. The molecule has 0 saturated carbocycles. The van der Waals surface area contributed by atoms with E-state index in [1.54, 1.807) is 6.20 Å². The first-order valence-corrected chi connectivity index (χ1v) is 7.69. The normalized spacial score (nSPS) is 10.9. The van der Waals surface area contributed by atoms with Crippen molar-refractivity contribution in [3.63, 3.8) is 0 Å². The van der Waals surface area contributed by atoms with Gasteiger partial charge in [0.25, 0.3) is 5.71 Å². The Hall–Kier alpha value is -2.99. The van der Waals surface area contributed by atoms with Gasteiger partial charge in [0.05, 0.1) is 12.2 Å². The number of anilines is 1. The minimum atomic E-state index is 0.420. The molecule has 3 aromatic heterocycles. The molecule has 7 heteroatoms. The standard InChI is InChI=1S/C17H12ClN5O/c18-12-5-3-4-11(8-12)15-14-16(21-10-22-17(14)24-23-15)20-9-13-6-1-2-7-19-13/h1-8,10H,9H2,(H,20,21,22). The van der Waals surface area contributed by atoms with Gasteiger partial charge in [0, 0.05) is 16.8 Å². The molecule has 0 radical (unpaired) electrons. The minimum absolute atomic E-state index is 0.420. The third-order valence-electron chi connectivity index (χ3n) is 3.53. The highest BCUT2D eigenvalue weighted by Gasteiger charge is 2.16. The molecule has 0 bridgehead atoms. The molecule has 24 heavy (non-hydrogen) atoms.